The predicted octanol–water partition coefficient (Wildman–Crippen LogP) is 14.7. The van der Waals surface area contributed by atoms with Crippen LogP contribution in [0.15, 0.2) is 36.5 Å². The molecule has 1 aliphatic heterocycles. The molecule has 9 nitrogen and oxygen atoms in total. The van der Waals surface area contributed by atoms with Crippen LogP contribution >= 0.6 is 0 Å². The number of hydrogen-bond donors (Lipinski definition) is 4. The Labute approximate surface area is 412 Å². The van der Waals surface area contributed by atoms with E-state index in [2.05, 4.69) is 50.3 Å². The van der Waals surface area contributed by atoms with Crippen LogP contribution in [-0.4, -0.2) is 89.6 Å². The van der Waals surface area contributed by atoms with Gasteiger partial charge in [0.25, 0.3) is 0 Å². The van der Waals surface area contributed by atoms with Gasteiger partial charge in [-0.05, 0) is 70.6 Å². The van der Waals surface area contributed by atoms with Gasteiger partial charge in [0.05, 0.1) is 19.8 Å². The topological polar surface area (TPSA) is 135 Å². The van der Waals surface area contributed by atoms with Gasteiger partial charge in [-0.25, -0.2) is 0 Å². The van der Waals surface area contributed by atoms with Crippen molar-refractivity contribution >= 4 is 5.97 Å². The van der Waals surface area contributed by atoms with Crippen LogP contribution in [0.4, 0.5) is 0 Å². The van der Waals surface area contributed by atoms with Crippen molar-refractivity contribution in [3.05, 3.63) is 36.5 Å². The van der Waals surface area contributed by atoms with Gasteiger partial charge in [0.1, 0.15) is 30.5 Å². The molecule has 9 heteroatoms. The van der Waals surface area contributed by atoms with Crippen LogP contribution < -0.4 is 0 Å². The minimum Gasteiger partial charge on any atom is -0.457 e. The molecule has 0 bridgehead atoms. The highest BCUT2D eigenvalue weighted by molar-refractivity contribution is 5.69. The Morgan fingerprint density at radius 3 is 1.30 bits per heavy atom. The van der Waals surface area contributed by atoms with Crippen molar-refractivity contribution in [2.75, 3.05) is 26.4 Å². The molecule has 1 aliphatic rings. The predicted molar refractivity (Wildman–Crippen MR) is 279 cm³/mol. The lowest BCUT2D eigenvalue weighted by Gasteiger charge is -2.39. The average molecular weight is 949 g/mol. The van der Waals surface area contributed by atoms with E-state index in [1.54, 1.807) is 0 Å². The van der Waals surface area contributed by atoms with E-state index in [9.17, 15) is 25.2 Å². The molecular weight excluding hydrogens is 841 g/mol. The number of unbranched alkanes of at least 4 members (excludes halogenated alkanes) is 33. The van der Waals surface area contributed by atoms with Gasteiger partial charge in [-0.1, -0.05) is 224 Å². The lowest BCUT2D eigenvalue weighted by molar-refractivity contribution is -0.305. The van der Waals surface area contributed by atoms with Crippen molar-refractivity contribution in [3.8, 4) is 0 Å². The van der Waals surface area contributed by atoms with Gasteiger partial charge in [0, 0.05) is 13.0 Å². The smallest absolute Gasteiger partial charge is 0.306 e. The Kier molecular flexibility index (Phi) is 46.8. The van der Waals surface area contributed by atoms with E-state index < -0.39 is 43.4 Å². The van der Waals surface area contributed by atoms with E-state index in [0.29, 0.717) is 13.0 Å². The zero-order valence-corrected chi connectivity index (χ0v) is 43.7. The number of carbonyl (C=O) groups is 1. The van der Waals surface area contributed by atoms with Crippen molar-refractivity contribution in [2.24, 2.45) is 0 Å². The molecule has 0 radical (unpaired) electrons. The molecule has 0 amide bonds. The molecule has 394 valence electrons. The first-order chi connectivity index (χ1) is 32.9. The van der Waals surface area contributed by atoms with Gasteiger partial charge in [-0.2, -0.15) is 0 Å². The second-order valence-corrected chi connectivity index (χ2v) is 19.7. The highest BCUT2D eigenvalue weighted by Crippen LogP contribution is 2.23. The number of ether oxygens (including phenoxy) is 4. The van der Waals surface area contributed by atoms with E-state index in [1.165, 1.54) is 205 Å². The molecule has 0 saturated carbocycles. The fourth-order valence-corrected chi connectivity index (χ4v) is 8.81. The summed E-state index contributed by atoms with van der Waals surface area (Å²) >= 11 is 0. The van der Waals surface area contributed by atoms with Crippen LogP contribution in [-0.2, 0) is 23.7 Å². The summed E-state index contributed by atoms with van der Waals surface area (Å²) in [7, 11) is 0. The molecule has 0 aliphatic carbocycles. The SMILES string of the molecule is CCCCCCC/C=C\C/C=C\CCCCCCCCCCCCCCCCOCC(COC1OC(CO)C(O)C(O)C1O)OC(=O)CCCCCCCCC/C=C\CCCCCCCCC. The molecule has 1 rings (SSSR count). The van der Waals surface area contributed by atoms with Crippen LogP contribution in [0.2, 0.25) is 0 Å². The van der Waals surface area contributed by atoms with E-state index in [1.807, 2.05) is 0 Å². The van der Waals surface area contributed by atoms with Crippen molar-refractivity contribution < 1.29 is 44.2 Å². The van der Waals surface area contributed by atoms with Crippen LogP contribution in [0.3, 0.4) is 0 Å². The fraction of sp³-hybridized carbons (Fsp3) is 0.879. The molecule has 1 heterocycles. The van der Waals surface area contributed by atoms with Crippen molar-refractivity contribution in [2.45, 2.75) is 301 Å². The van der Waals surface area contributed by atoms with Gasteiger partial charge in [0.15, 0.2) is 6.29 Å². The zero-order chi connectivity index (χ0) is 48.5. The number of hydrogen-bond acceptors (Lipinski definition) is 9. The Morgan fingerprint density at radius 1 is 0.478 bits per heavy atom. The first-order valence-electron chi connectivity index (χ1n) is 28.6. The Morgan fingerprint density at radius 2 is 0.866 bits per heavy atom. The molecule has 1 saturated heterocycles. The van der Waals surface area contributed by atoms with Crippen molar-refractivity contribution in [3.63, 3.8) is 0 Å². The lowest BCUT2D eigenvalue weighted by atomic mass is 9.99. The summed E-state index contributed by atoms with van der Waals surface area (Å²) in [6, 6.07) is 0. The molecule has 0 spiro atoms. The largest absolute Gasteiger partial charge is 0.457 e. The van der Waals surface area contributed by atoms with Gasteiger partial charge in [-0.3, -0.25) is 4.79 Å². The quantitative estimate of drug-likeness (QED) is 0.0267. The summed E-state index contributed by atoms with van der Waals surface area (Å²) in [6.07, 6.45) is 54.8. The van der Waals surface area contributed by atoms with Crippen LogP contribution in [0.25, 0.3) is 0 Å². The second kappa shape index (κ2) is 49.4. The Hall–Kier alpha value is -1.59. The highest BCUT2D eigenvalue weighted by Gasteiger charge is 2.44. The minimum atomic E-state index is -1.54. The number of aliphatic hydroxyl groups is 4. The number of aliphatic hydroxyl groups excluding tert-OH is 4. The molecule has 0 aromatic carbocycles. The Bertz CT molecular complexity index is 1130. The summed E-state index contributed by atoms with van der Waals surface area (Å²) < 4.78 is 23.0. The third kappa shape index (κ3) is 39.8. The summed E-state index contributed by atoms with van der Waals surface area (Å²) in [5, 5.41) is 40.3. The van der Waals surface area contributed by atoms with Crippen LogP contribution in [0, 0.1) is 0 Å². The molecule has 6 unspecified atom stereocenters. The van der Waals surface area contributed by atoms with E-state index in [4.69, 9.17) is 18.9 Å². The van der Waals surface area contributed by atoms with Crippen LogP contribution in [0.5, 0.6) is 0 Å². The molecule has 6 atom stereocenters. The summed E-state index contributed by atoms with van der Waals surface area (Å²) in [4.78, 5) is 12.9. The molecule has 1 fully saturated rings. The Balaban J connectivity index is 2.14. The van der Waals surface area contributed by atoms with Gasteiger partial charge >= 0.3 is 5.97 Å². The normalized spacial score (nSPS) is 19.4. The number of allylic oxidation sites excluding steroid dienone is 6. The first kappa shape index (κ1) is 63.4. The maximum Gasteiger partial charge on any atom is 0.306 e. The second-order valence-electron chi connectivity index (χ2n) is 19.7. The zero-order valence-electron chi connectivity index (χ0n) is 43.7. The lowest BCUT2D eigenvalue weighted by Crippen LogP contribution is -2.59. The third-order valence-electron chi connectivity index (χ3n) is 13.3. The number of rotatable bonds is 50. The minimum absolute atomic E-state index is 0.113. The van der Waals surface area contributed by atoms with Gasteiger partial charge in [0.2, 0.25) is 0 Å². The monoisotopic (exact) mass is 949 g/mol. The molecule has 0 aromatic rings. The standard InChI is InChI=1S/C58H108O9/c1-3-5-7-9-11-13-15-17-19-21-23-24-25-26-27-28-29-30-32-34-36-38-40-42-44-46-48-64-50-52(51-65-58-57(63)56(62)55(61)53(49-59)67-58)66-54(60)47-45-43-41-39-37-35-33-31-22-20-18-16-14-12-10-8-6-4-2/h15,17,20-23,52-53,55-59,61-63H,3-14,16,18-19,24-51H2,1-2H3/b17-15-,22-20-,23-21-. The molecule has 67 heavy (non-hydrogen) atoms. The summed E-state index contributed by atoms with van der Waals surface area (Å²) in [5.41, 5.74) is 0. The molecule has 0 aromatic heterocycles. The van der Waals surface area contributed by atoms with Crippen molar-refractivity contribution in [1.82, 2.24) is 0 Å². The number of carbonyl (C=O) groups excluding carboxylic acids is 1. The van der Waals surface area contributed by atoms with Crippen LogP contribution in [0.1, 0.15) is 264 Å². The average Bonchev–Trinajstić information content (AvgIpc) is 3.33. The molecular formula is C58H108O9. The highest BCUT2D eigenvalue weighted by atomic mass is 16.7. The van der Waals surface area contributed by atoms with E-state index in [0.717, 1.165) is 38.5 Å². The third-order valence-corrected chi connectivity index (χ3v) is 13.3. The summed E-state index contributed by atoms with van der Waals surface area (Å²) in [6.45, 7) is 4.58. The first-order valence-corrected chi connectivity index (χ1v) is 28.6. The van der Waals surface area contributed by atoms with Crippen molar-refractivity contribution in [1.29, 1.82) is 0 Å². The van der Waals surface area contributed by atoms with Gasteiger partial charge < -0.3 is 39.4 Å². The fourth-order valence-electron chi connectivity index (χ4n) is 8.81. The van der Waals surface area contributed by atoms with E-state index in [-0.39, 0.29) is 19.2 Å². The number of esters is 1. The maximum atomic E-state index is 12.9. The summed E-state index contributed by atoms with van der Waals surface area (Å²) in [5.74, 6) is -0.314. The maximum absolute atomic E-state index is 12.9. The molecule has 4 N–H and O–H groups in total. The van der Waals surface area contributed by atoms with Gasteiger partial charge in [-0.15, -0.1) is 0 Å². The van der Waals surface area contributed by atoms with E-state index >= 15 is 0 Å².